The van der Waals surface area contributed by atoms with Gasteiger partial charge in [-0.15, -0.1) is 0 Å². The fourth-order valence-corrected chi connectivity index (χ4v) is 5.15. The van der Waals surface area contributed by atoms with Crippen LogP contribution in [0.15, 0.2) is 42.6 Å². The van der Waals surface area contributed by atoms with Crippen molar-refractivity contribution < 1.29 is 13.9 Å². The highest BCUT2D eigenvalue weighted by Gasteiger charge is 2.29. The minimum Gasteiger partial charge on any atom is -0.384 e. The van der Waals surface area contributed by atoms with Crippen molar-refractivity contribution in [1.82, 2.24) is 19.7 Å². The number of fused-ring (bicyclic) bond motifs is 3. The minimum absolute atomic E-state index is 0.165. The topological polar surface area (TPSA) is 108 Å². The van der Waals surface area contributed by atoms with Crippen molar-refractivity contribution in [3.63, 3.8) is 0 Å². The lowest BCUT2D eigenvalue weighted by Crippen LogP contribution is -2.13. The van der Waals surface area contributed by atoms with E-state index in [-0.39, 0.29) is 18.1 Å². The number of benzene rings is 1. The van der Waals surface area contributed by atoms with Gasteiger partial charge in [-0.1, -0.05) is 23.5 Å². The van der Waals surface area contributed by atoms with Gasteiger partial charge in [-0.2, -0.15) is 5.10 Å². The van der Waals surface area contributed by atoms with Crippen LogP contribution >= 0.6 is 11.3 Å². The maximum Gasteiger partial charge on any atom is 0.228 e. The molecule has 10 heteroatoms. The van der Waals surface area contributed by atoms with Gasteiger partial charge in [-0.25, -0.2) is 19.0 Å². The molecule has 0 saturated carbocycles. The van der Waals surface area contributed by atoms with E-state index in [4.69, 9.17) is 20.6 Å². The number of halogens is 1. The zero-order valence-electron chi connectivity index (χ0n) is 18.5. The largest absolute Gasteiger partial charge is 0.384 e. The van der Waals surface area contributed by atoms with Gasteiger partial charge in [0.05, 0.1) is 35.0 Å². The summed E-state index contributed by atoms with van der Waals surface area (Å²) in [4.78, 5) is 22.0. The van der Waals surface area contributed by atoms with Crippen molar-refractivity contribution in [2.24, 2.45) is 0 Å². The molecule has 5 rings (SSSR count). The molecule has 0 aliphatic heterocycles. The molecule has 3 heterocycles. The second kappa shape index (κ2) is 9.32. The molecule has 1 amide bonds. The van der Waals surface area contributed by atoms with Crippen molar-refractivity contribution in [2.45, 2.75) is 25.7 Å². The number of hydrogen-bond donors (Lipinski definition) is 2. The molecule has 3 aromatic heterocycles. The first kappa shape index (κ1) is 22.2. The molecule has 0 bridgehead atoms. The lowest BCUT2D eigenvalue weighted by Gasteiger charge is -2.08. The number of ether oxygens (including phenoxy) is 1. The molecule has 0 spiro atoms. The third kappa shape index (κ3) is 4.17. The van der Waals surface area contributed by atoms with Gasteiger partial charge >= 0.3 is 0 Å². The Morgan fingerprint density at radius 2 is 2.12 bits per heavy atom. The average molecular weight is 479 g/mol. The van der Waals surface area contributed by atoms with Crippen molar-refractivity contribution in [1.29, 1.82) is 0 Å². The Morgan fingerprint density at radius 3 is 2.88 bits per heavy atom. The highest BCUT2D eigenvalue weighted by Crippen LogP contribution is 2.43. The van der Waals surface area contributed by atoms with Gasteiger partial charge in [-0.3, -0.25) is 4.79 Å². The number of pyridine rings is 1. The minimum atomic E-state index is -0.377. The number of thiazole rings is 1. The first-order chi connectivity index (χ1) is 16.5. The van der Waals surface area contributed by atoms with Crippen molar-refractivity contribution in [3.8, 4) is 27.5 Å². The van der Waals surface area contributed by atoms with E-state index in [9.17, 15) is 9.18 Å². The van der Waals surface area contributed by atoms with Gasteiger partial charge in [0, 0.05) is 24.4 Å². The van der Waals surface area contributed by atoms with E-state index in [1.54, 1.807) is 42.3 Å². The first-order valence-corrected chi connectivity index (χ1v) is 11.7. The van der Waals surface area contributed by atoms with Crippen LogP contribution in [0.5, 0.6) is 0 Å². The Hall–Kier alpha value is -3.63. The number of para-hydroxylation sites is 1. The van der Waals surface area contributed by atoms with Crippen LogP contribution in [0, 0.1) is 5.82 Å². The number of methoxy groups -OCH3 is 1. The van der Waals surface area contributed by atoms with Crippen LogP contribution in [0.3, 0.4) is 0 Å². The first-order valence-electron chi connectivity index (χ1n) is 10.9. The maximum absolute atomic E-state index is 14.9. The summed E-state index contributed by atoms with van der Waals surface area (Å²) in [6, 6.07) is 10.1. The number of nitrogens with two attached hydrogens (primary N) is 1. The molecule has 0 fully saturated rings. The number of amides is 1. The highest BCUT2D eigenvalue weighted by molar-refractivity contribution is 7.19. The summed E-state index contributed by atoms with van der Waals surface area (Å²) >= 11 is 1.38. The molecule has 1 aliphatic rings. The predicted molar refractivity (Wildman–Crippen MR) is 129 cm³/mol. The van der Waals surface area contributed by atoms with Gasteiger partial charge in [0.2, 0.25) is 5.91 Å². The molecular formula is C24H23FN6O2S. The quantitative estimate of drug-likeness (QED) is 0.429. The molecular weight excluding hydrogens is 455 g/mol. The average Bonchev–Trinajstić information content (AvgIpc) is 3.35. The molecule has 1 aliphatic carbocycles. The number of rotatable bonds is 6. The van der Waals surface area contributed by atoms with Crippen molar-refractivity contribution in [3.05, 3.63) is 59.7 Å². The molecule has 174 valence electrons. The number of anilines is 2. The van der Waals surface area contributed by atoms with E-state index < -0.39 is 0 Å². The number of hydrogen-bond acceptors (Lipinski definition) is 7. The molecule has 34 heavy (non-hydrogen) atoms. The second-order valence-corrected chi connectivity index (χ2v) is 8.95. The van der Waals surface area contributed by atoms with Crippen LogP contribution in [0.2, 0.25) is 0 Å². The maximum atomic E-state index is 14.9. The van der Waals surface area contributed by atoms with Crippen LogP contribution < -0.4 is 11.1 Å². The number of aromatic nitrogens is 4. The molecule has 3 N–H and O–H groups in total. The highest BCUT2D eigenvalue weighted by atomic mass is 32.1. The van der Waals surface area contributed by atoms with Crippen LogP contribution in [-0.2, 0) is 22.4 Å². The van der Waals surface area contributed by atoms with Crippen LogP contribution in [0.25, 0.3) is 27.5 Å². The van der Waals surface area contributed by atoms with Gasteiger partial charge in [0.1, 0.15) is 17.3 Å². The van der Waals surface area contributed by atoms with E-state index in [1.165, 1.54) is 17.4 Å². The summed E-state index contributed by atoms with van der Waals surface area (Å²) in [6.07, 6.45) is 4.27. The third-order valence-electron chi connectivity index (χ3n) is 5.66. The molecule has 0 radical (unpaired) electrons. The lowest BCUT2D eigenvalue weighted by molar-refractivity contribution is -0.117. The molecule has 4 aromatic rings. The van der Waals surface area contributed by atoms with Crippen molar-refractivity contribution in [2.75, 3.05) is 24.8 Å². The number of carbonyl (C=O) groups excluding carboxylic acids is 1. The van der Waals surface area contributed by atoms with Crippen LogP contribution in [0.1, 0.15) is 24.1 Å². The zero-order valence-corrected chi connectivity index (χ0v) is 19.4. The van der Waals surface area contributed by atoms with E-state index in [1.807, 2.05) is 6.07 Å². The van der Waals surface area contributed by atoms with Gasteiger partial charge < -0.3 is 15.8 Å². The van der Waals surface area contributed by atoms with Crippen molar-refractivity contribution >= 4 is 28.2 Å². The Bertz CT molecular complexity index is 1350. The number of nitrogen functional groups attached to an aromatic ring is 1. The fraction of sp³-hybridized carbons (Fsp3) is 0.250. The predicted octanol–water partition coefficient (Wildman–Crippen LogP) is 4.24. The summed E-state index contributed by atoms with van der Waals surface area (Å²) in [5.74, 6) is -0.123. The monoisotopic (exact) mass is 478 g/mol. The molecule has 0 unspecified atom stereocenters. The SMILES string of the molecule is COCCC(=O)Nc1nc2c(s1)-c1c(c(-c3ccc(N)nc3)nn1-c1ccccc1F)CCC2. The summed E-state index contributed by atoms with van der Waals surface area (Å²) in [6.45, 7) is 0.333. The summed E-state index contributed by atoms with van der Waals surface area (Å²) < 4.78 is 21.5. The second-order valence-electron chi connectivity index (χ2n) is 7.95. The number of nitrogens with one attached hydrogen (secondary N) is 1. The van der Waals surface area contributed by atoms with Gasteiger partial charge in [0.15, 0.2) is 5.13 Å². The van der Waals surface area contributed by atoms with E-state index in [2.05, 4.69) is 10.3 Å². The summed E-state index contributed by atoms with van der Waals surface area (Å²) in [5.41, 5.74) is 10.3. The summed E-state index contributed by atoms with van der Waals surface area (Å²) in [5, 5.41) is 8.22. The van der Waals surface area contributed by atoms with Gasteiger partial charge in [0.25, 0.3) is 0 Å². The Labute approximate surface area is 199 Å². The standard InChI is InChI=1S/C24H23FN6O2S/c1-33-12-11-20(32)29-24-28-17-7-4-5-15-21(14-9-10-19(26)27-13-14)30-31(22(15)23(17)34-24)18-8-3-2-6-16(18)25/h2-3,6,8-10,13H,4-5,7,11-12H2,1H3,(H2,26,27)(H,28,29,32). The third-order valence-corrected chi connectivity index (χ3v) is 6.68. The zero-order chi connectivity index (χ0) is 23.7. The molecule has 1 aromatic carbocycles. The van der Waals surface area contributed by atoms with E-state index >= 15 is 0 Å². The van der Waals surface area contributed by atoms with Gasteiger partial charge in [-0.05, 0) is 43.5 Å². The lowest BCUT2D eigenvalue weighted by atomic mass is 10.0. The van der Waals surface area contributed by atoms with Crippen LogP contribution in [-0.4, -0.2) is 39.4 Å². The number of aryl methyl sites for hydroxylation is 1. The van der Waals surface area contributed by atoms with E-state index in [0.29, 0.717) is 23.2 Å². The number of carbonyl (C=O) groups is 1. The fourth-order valence-electron chi connectivity index (χ4n) is 4.06. The Balaban J connectivity index is 1.67. The smallest absolute Gasteiger partial charge is 0.228 e. The molecule has 8 nitrogen and oxygen atoms in total. The molecule has 0 atom stereocenters. The van der Waals surface area contributed by atoms with Crippen LogP contribution in [0.4, 0.5) is 15.3 Å². The Kier molecular flexibility index (Phi) is 6.08. The number of nitrogens with zero attached hydrogens (tertiary/aromatic N) is 4. The molecule has 0 saturated heterocycles. The normalized spacial score (nSPS) is 12.6. The van der Waals surface area contributed by atoms with E-state index in [0.717, 1.165) is 52.3 Å². The Morgan fingerprint density at radius 1 is 1.26 bits per heavy atom. The summed E-state index contributed by atoms with van der Waals surface area (Å²) in [7, 11) is 1.55.